The Labute approximate surface area is 132 Å². The number of hydrogen-bond donors (Lipinski definition) is 1. The lowest BCUT2D eigenvalue weighted by Gasteiger charge is -2.15. The van der Waals surface area contributed by atoms with E-state index in [9.17, 15) is 0 Å². The molecule has 2 aromatic rings. The average molecular weight is 359 g/mol. The fourth-order valence-electron chi connectivity index (χ4n) is 1.70. The maximum absolute atomic E-state index is 6.08. The molecule has 0 aliphatic rings. The third-order valence-corrected chi connectivity index (χ3v) is 5.71. The summed E-state index contributed by atoms with van der Waals surface area (Å²) in [6, 6.07) is 10.3. The number of rotatable bonds is 3. The van der Waals surface area contributed by atoms with Crippen molar-refractivity contribution in [2.75, 3.05) is 5.32 Å². The van der Waals surface area contributed by atoms with E-state index in [2.05, 4.69) is 54.2 Å². The Kier molecular flexibility index (Phi) is 4.59. The highest BCUT2D eigenvalue weighted by atomic mass is 79.9. The zero-order chi connectivity index (χ0) is 14.0. The number of thiophene rings is 1. The largest absolute Gasteiger partial charge is 0.379 e. The van der Waals surface area contributed by atoms with Gasteiger partial charge in [0.2, 0.25) is 0 Å². The summed E-state index contributed by atoms with van der Waals surface area (Å²) in [6.07, 6.45) is 0. The maximum Gasteiger partial charge on any atom is 0.0593 e. The molecule has 1 aromatic heterocycles. The Morgan fingerprint density at radius 3 is 2.58 bits per heavy atom. The predicted molar refractivity (Wildman–Crippen MR) is 89.5 cm³/mol. The van der Waals surface area contributed by atoms with Gasteiger partial charge < -0.3 is 5.32 Å². The van der Waals surface area contributed by atoms with Crippen LogP contribution < -0.4 is 5.32 Å². The zero-order valence-electron chi connectivity index (χ0n) is 11.3. The molecule has 4 heteroatoms. The summed E-state index contributed by atoms with van der Waals surface area (Å²) in [7, 11) is 0. The summed E-state index contributed by atoms with van der Waals surface area (Å²) in [5.74, 6) is 0. The molecule has 0 aliphatic carbocycles. The first-order chi connectivity index (χ1) is 8.88. The number of benzene rings is 1. The Balaban J connectivity index is 2.07. The zero-order valence-corrected chi connectivity index (χ0v) is 14.4. The molecular weight excluding hydrogens is 342 g/mol. The maximum atomic E-state index is 6.08. The van der Waals surface area contributed by atoms with Gasteiger partial charge in [-0.3, -0.25) is 0 Å². The minimum Gasteiger partial charge on any atom is -0.379 e. The molecule has 0 fully saturated rings. The van der Waals surface area contributed by atoms with Crippen molar-refractivity contribution in [3.8, 4) is 0 Å². The number of anilines is 1. The third kappa shape index (κ3) is 3.74. The van der Waals surface area contributed by atoms with Crippen LogP contribution in [0.5, 0.6) is 0 Å². The number of nitrogens with one attached hydrogen (secondary N) is 1. The van der Waals surface area contributed by atoms with E-state index >= 15 is 0 Å². The van der Waals surface area contributed by atoms with Crippen molar-refractivity contribution >= 4 is 44.6 Å². The Morgan fingerprint density at radius 2 is 1.95 bits per heavy atom. The van der Waals surface area contributed by atoms with Crippen molar-refractivity contribution in [1.82, 2.24) is 0 Å². The standard InChI is InChI=1S/C15H17BrClNS/c1-15(2,3)13-8-7-10(19-13)9-18-12-6-4-5-11(17)14(12)16/h4-8,18H,9H2,1-3H3. The highest BCUT2D eigenvalue weighted by Crippen LogP contribution is 2.32. The second kappa shape index (κ2) is 5.86. The van der Waals surface area contributed by atoms with Crippen molar-refractivity contribution < 1.29 is 0 Å². The minimum atomic E-state index is 0.222. The molecule has 1 N–H and O–H groups in total. The average Bonchev–Trinajstić information content (AvgIpc) is 2.79. The van der Waals surface area contributed by atoms with Gasteiger partial charge in [0.1, 0.15) is 0 Å². The SMILES string of the molecule is CC(C)(C)c1ccc(CNc2cccc(Cl)c2Br)s1. The highest BCUT2D eigenvalue weighted by molar-refractivity contribution is 9.10. The van der Waals surface area contributed by atoms with Crippen LogP contribution in [0, 0.1) is 0 Å². The van der Waals surface area contributed by atoms with Crippen LogP contribution >= 0.6 is 38.9 Å². The summed E-state index contributed by atoms with van der Waals surface area (Å²) in [6.45, 7) is 7.54. The lowest BCUT2D eigenvalue weighted by molar-refractivity contribution is 0.604. The van der Waals surface area contributed by atoms with E-state index < -0.39 is 0 Å². The van der Waals surface area contributed by atoms with Crippen LogP contribution in [0.2, 0.25) is 5.02 Å². The molecular formula is C15H17BrClNS. The summed E-state index contributed by atoms with van der Waals surface area (Å²) >= 11 is 11.4. The second-order valence-electron chi connectivity index (χ2n) is 5.47. The molecule has 19 heavy (non-hydrogen) atoms. The lowest BCUT2D eigenvalue weighted by atomic mass is 9.95. The smallest absolute Gasteiger partial charge is 0.0593 e. The lowest BCUT2D eigenvalue weighted by Crippen LogP contribution is -2.07. The fraction of sp³-hybridized carbons (Fsp3) is 0.333. The summed E-state index contributed by atoms with van der Waals surface area (Å²) in [5.41, 5.74) is 1.25. The molecule has 102 valence electrons. The van der Waals surface area contributed by atoms with Gasteiger partial charge in [-0.15, -0.1) is 11.3 Å². The van der Waals surface area contributed by atoms with E-state index in [1.807, 2.05) is 29.5 Å². The molecule has 1 aromatic carbocycles. The normalized spacial score (nSPS) is 11.6. The van der Waals surface area contributed by atoms with E-state index in [0.717, 1.165) is 21.7 Å². The summed E-state index contributed by atoms with van der Waals surface area (Å²) in [5, 5.41) is 4.14. The van der Waals surface area contributed by atoms with Gasteiger partial charge in [0.05, 0.1) is 15.2 Å². The molecule has 0 saturated heterocycles. The molecule has 0 atom stereocenters. The Bertz CT molecular complexity index is 572. The molecule has 0 unspecified atom stereocenters. The first kappa shape index (κ1) is 14.9. The van der Waals surface area contributed by atoms with Crippen LogP contribution in [-0.4, -0.2) is 0 Å². The van der Waals surface area contributed by atoms with Gasteiger partial charge in [-0.25, -0.2) is 0 Å². The molecule has 0 aliphatic heterocycles. The van der Waals surface area contributed by atoms with Crippen LogP contribution in [0.1, 0.15) is 30.5 Å². The van der Waals surface area contributed by atoms with Gasteiger partial charge in [-0.2, -0.15) is 0 Å². The van der Waals surface area contributed by atoms with Crippen LogP contribution in [0.15, 0.2) is 34.8 Å². The second-order valence-corrected chi connectivity index (χ2v) is 7.84. The van der Waals surface area contributed by atoms with Crippen LogP contribution in [0.25, 0.3) is 0 Å². The van der Waals surface area contributed by atoms with Gasteiger partial charge in [0, 0.05) is 16.3 Å². The minimum absolute atomic E-state index is 0.222. The van der Waals surface area contributed by atoms with Crippen LogP contribution in [-0.2, 0) is 12.0 Å². The molecule has 0 bridgehead atoms. The van der Waals surface area contributed by atoms with Gasteiger partial charge in [-0.05, 0) is 45.6 Å². The van der Waals surface area contributed by atoms with Crippen molar-refractivity contribution in [2.24, 2.45) is 0 Å². The quantitative estimate of drug-likeness (QED) is 0.701. The van der Waals surface area contributed by atoms with Crippen LogP contribution in [0.3, 0.4) is 0 Å². The van der Waals surface area contributed by atoms with Crippen molar-refractivity contribution in [1.29, 1.82) is 0 Å². The monoisotopic (exact) mass is 357 g/mol. The number of hydrogen-bond acceptors (Lipinski definition) is 2. The first-order valence-corrected chi connectivity index (χ1v) is 8.14. The van der Waals surface area contributed by atoms with Crippen molar-refractivity contribution in [2.45, 2.75) is 32.7 Å². The Morgan fingerprint density at radius 1 is 1.21 bits per heavy atom. The van der Waals surface area contributed by atoms with Gasteiger partial charge in [-0.1, -0.05) is 38.4 Å². The van der Waals surface area contributed by atoms with E-state index in [0.29, 0.717) is 0 Å². The summed E-state index contributed by atoms with van der Waals surface area (Å²) < 4.78 is 0.921. The Hall–Kier alpha value is -0.510. The van der Waals surface area contributed by atoms with Crippen LogP contribution in [0.4, 0.5) is 5.69 Å². The molecule has 2 rings (SSSR count). The van der Waals surface area contributed by atoms with Gasteiger partial charge >= 0.3 is 0 Å². The number of halogens is 2. The van der Waals surface area contributed by atoms with Crippen molar-refractivity contribution in [3.05, 3.63) is 49.6 Å². The molecule has 0 saturated carbocycles. The van der Waals surface area contributed by atoms with Crippen molar-refractivity contribution in [3.63, 3.8) is 0 Å². The molecule has 0 spiro atoms. The third-order valence-electron chi connectivity index (χ3n) is 2.81. The fourth-order valence-corrected chi connectivity index (χ4v) is 3.28. The van der Waals surface area contributed by atoms with E-state index in [1.165, 1.54) is 9.75 Å². The van der Waals surface area contributed by atoms with Gasteiger partial charge in [0.15, 0.2) is 0 Å². The van der Waals surface area contributed by atoms with E-state index in [-0.39, 0.29) is 5.41 Å². The molecule has 0 amide bonds. The molecule has 0 radical (unpaired) electrons. The first-order valence-electron chi connectivity index (χ1n) is 6.15. The topological polar surface area (TPSA) is 12.0 Å². The molecule has 1 nitrogen and oxygen atoms in total. The predicted octanol–water partition coefficient (Wildman–Crippen LogP) is 6.07. The van der Waals surface area contributed by atoms with Gasteiger partial charge in [0.25, 0.3) is 0 Å². The van der Waals surface area contributed by atoms with E-state index in [1.54, 1.807) is 0 Å². The molecule has 1 heterocycles. The highest BCUT2D eigenvalue weighted by Gasteiger charge is 2.16. The van der Waals surface area contributed by atoms with E-state index in [4.69, 9.17) is 11.6 Å². The summed E-state index contributed by atoms with van der Waals surface area (Å²) in [4.78, 5) is 2.74.